The van der Waals surface area contributed by atoms with Crippen LogP contribution in [0.1, 0.15) is 30.9 Å². The fourth-order valence-corrected chi connectivity index (χ4v) is 3.19. The van der Waals surface area contributed by atoms with E-state index in [1.165, 1.54) is 0 Å². The zero-order chi connectivity index (χ0) is 19.6. The number of allylic oxidation sites excluding steroid dienone is 2. The van der Waals surface area contributed by atoms with Crippen molar-refractivity contribution in [2.24, 2.45) is 5.73 Å². The van der Waals surface area contributed by atoms with Gasteiger partial charge < -0.3 is 15.2 Å². The summed E-state index contributed by atoms with van der Waals surface area (Å²) < 4.78 is 12.4. The van der Waals surface area contributed by atoms with E-state index in [-0.39, 0.29) is 23.6 Å². The largest absolute Gasteiger partial charge is 0.463 e. The number of benzene rings is 1. The third-order valence-corrected chi connectivity index (χ3v) is 4.35. The van der Waals surface area contributed by atoms with Crippen molar-refractivity contribution < 1.29 is 14.3 Å². The van der Waals surface area contributed by atoms with Gasteiger partial charge in [-0.25, -0.2) is 9.48 Å². The predicted molar refractivity (Wildman–Crippen MR) is 98.3 cm³/mol. The molecule has 1 aliphatic rings. The Labute approximate surface area is 157 Å². The number of esters is 1. The zero-order valence-corrected chi connectivity index (χ0v) is 15.4. The monoisotopic (exact) mass is 364 g/mol. The summed E-state index contributed by atoms with van der Waals surface area (Å²) in [5, 5.41) is 14.0. The van der Waals surface area contributed by atoms with Gasteiger partial charge in [0.2, 0.25) is 5.88 Å². The van der Waals surface area contributed by atoms with E-state index in [1.807, 2.05) is 25.1 Å². The number of nitrogens with two attached hydrogens (primary N) is 1. The number of carbonyl (C=O) groups excluding carboxylic acids is 1. The number of hydrogen-bond donors (Lipinski definition) is 1. The summed E-state index contributed by atoms with van der Waals surface area (Å²) in [6, 6.07) is 9.67. The number of nitrogens with zero attached hydrogens (tertiary/aromatic N) is 3. The maximum absolute atomic E-state index is 12.7. The smallest absolute Gasteiger partial charge is 0.338 e. The van der Waals surface area contributed by atoms with E-state index in [2.05, 4.69) is 11.2 Å². The lowest BCUT2D eigenvalue weighted by molar-refractivity contribution is -0.139. The first-order chi connectivity index (χ1) is 13.0. The average molecular weight is 364 g/mol. The van der Waals surface area contributed by atoms with Gasteiger partial charge in [0.25, 0.3) is 0 Å². The number of rotatable bonds is 4. The predicted octanol–water partition coefficient (Wildman–Crippen LogP) is 2.83. The molecule has 1 aromatic carbocycles. The maximum atomic E-state index is 12.7. The highest BCUT2D eigenvalue weighted by atomic mass is 16.5. The molecule has 27 heavy (non-hydrogen) atoms. The van der Waals surface area contributed by atoms with E-state index in [0.717, 1.165) is 16.8 Å². The summed E-state index contributed by atoms with van der Waals surface area (Å²) in [5.41, 5.74) is 8.86. The minimum Gasteiger partial charge on any atom is -0.463 e. The van der Waals surface area contributed by atoms with Crippen molar-refractivity contribution >= 4 is 5.97 Å². The van der Waals surface area contributed by atoms with E-state index in [1.54, 1.807) is 37.0 Å². The molecule has 0 aliphatic carbocycles. The number of carbonyl (C=O) groups is 1. The number of hydrogen-bond acceptors (Lipinski definition) is 6. The molecule has 7 nitrogen and oxygen atoms in total. The summed E-state index contributed by atoms with van der Waals surface area (Å²) in [6.07, 6.45) is 3.46. The first-order valence-electron chi connectivity index (χ1n) is 8.54. The van der Waals surface area contributed by atoms with Crippen LogP contribution in [0.5, 0.6) is 0 Å². The van der Waals surface area contributed by atoms with Crippen LogP contribution in [0, 0.1) is 18.3 Å². The zero-order valence-electron chi connectivity index (χ0n) is 15.4. The molecule has 2 heterocycles. The Morgan fingerprint density at radius 2 is 2.22 bits per heavy atom. The fourth-order valence-electron chi connectivity index (χ4n) is 3.19. The van der Waals surface area contributed by atoms with Crippen LogP contribution < -0.4 is 5.73 Å². The Morgan fingerprint density at radius 1 is 1.44 bits per heavy atom. The van der Waals surface area contributed by atoms with Gasteiger partial charge in [-0.15, -0.1) is 0 Å². The summed E-state index contributed by atoms with van der Waals surface area (Å²) in [4.78, 5) is 12.7. The van der Waals surface area contributed by atoms with Gasteiger partial charge in [-0.3, -0.25) is 0 Å². The number of ether oxygens (including phenoxy) is 2. The van der Waals surface area contributed by atoms with Gasteiger partial charge in [-0.2, -0.15) is 10.4 Å². The van der Waals surface area contributed by atoms with E-state index in [9.17, 15) is 10.1 Å². The van der Waals surface area contributed by atoms with Gasteiger partial charge in [0.05, 0.1) is 23.8 Å². The van der Waals surface area contributed by atoms with Crippen LogP contribution in [0.4, 0.5) is 0 Å². The second kappa shape index (κ2) is 7.38. The fraction of sp³-hybridized carbons (Fsp3) is 0.250. The summed E-state index contributed by atoms with van der Waals surface area (Å²) in [6.45, 7) is 5.52. The second-order valence-corrected chi connectivity index (χ2v) is 6.13. The van der Waals surface area contributed by atoms with Crippen molar-refractivity contribution in [3.05, 3.63) is 70.6 Å². The van der Waals surface area contributed by atoms with E-state index < -0.39 is 11.9 Å². The molecule has 1 unspecified atom stereocenters. The molecule has 3 rings (SSSR count). The summed E-state index contributed by atoms with van der Waals surface area (Å²) in [5.74, 6) is -0.932. The molecule has 1 atom stereocenters. The van der Waals surface area contributed by atoms with Gasteiger partial charge >= 0.3 is 5.97 Å². The van der Waals surface area contributed by atoms with Crippen molar-refractivity contribution in [3.8, 4) is 11.8 Å². The highest BCUT2D eigenvalue weighted by Crippen LogP contribution is 2.41. The molecule has 138 valence electrons. The molecule has 0 amide bonds. The van der Waals surface area contributed by atoms with Crippen LogP contribution in [0.3, 0.4) is 0 Å². The van der Waals surface area contributed by atoms with Crippen LogP contribution in [0.25, 0.3) is 5.69 Å². The lowest BCUT2D eigenvalue weighted by Crippen LogP contribution is -2.26. The van der Waals surface area contributed by atoms with Crippen molar-refractivity contribution in [2.75, 3.05) is 6.61 Å². The molecule has 1 aromatic heterocycles. The van der Waals surface area contributed by atoms with Crippen LogP contribution in [-0.4, -0.2) is 22.4 Å². The second-order valence-electron chi connectivity index (χ2n) is 6.13. The Bertz CT molecular complexity index is 981. The Morgan fingerprint density at radius 3 is 2.85 bits per heavy atom. The molecular formula is C20H20N4O3. The quantitative estimate of drug-likeness (QED) is 0.837. The van der Waals surface area contributed by atoms with Gasteiger partial charge in [0, 0.05) is 12.4 Å². The van der Waals surface area contributed by atoms with Crippen LogP contribution in [0.15, 0.2) is 59.4 Å². The topological polar surface area (TPSA) is 103 Å². The Hall–Kier alpha value is -3.53. The molecular weight excluding hydrogens is 344 g/mol. The molecule has 0 bridgehead atoms. The van der Waals surface area contributed by atoms with Crippen LogP contribution in [-0.2, 0) is 14.3 Å². The highest BCUT2D eigenvalue weighted by molar-refractivity contribution is 5.93. The molecule has 2 N–H and O–H groups in total. The van der Waals surface area contributed by atoms with E-state index in [4.69, 9.17) is 15.2 Å². The standard InChI is InChI=1S/C20H20N4O3/c1-4-26-20(25)17-13(3)27-19(22)15(11-21)18(17)14-10-12(2)6-7-16(14)24-9-5-8-23-24/h5-10,18H,4,22H2,1-3H3. The normalized spacial score (nSPS) is 16.7. The van der Waals surface area contributed by atoms with Gasteiger partial charge in [-0.05, 0) is 38.5 Å². The maximum Gasteiger partial charge on any atom is 0.338 e. The summed E-state index contributed by atoms with van der Waals surface area (Å²) >= 11 is 0. The van der Waals surface area contributed by atoms with Crippen molar-refractivity contribution in [1.82, 2.24) is 9.78 Å². The van der Waals surface area contributed by atoms with Crippen molar-refractivity contribution in [3.63, 3.8) is 0 Å². The lowest BCUT2D eigenvalue weighted by atomic mass is 9.81. The molecule has 2 aromatic rings. The number of aryl methyl sites for hydroxylation is 1. The highest BCUT2D eigenvalue weighted by Gasteiger charge is 2.37. The molecule has 0 radical (unpaired) electrons. The van der Waals surface area contributed by atoms with Crippen LogP contribution >= 0.6 is 0 Å². The van der Waals surface area contributed by atoms with Gasteiger partial charge in [0.1, 0.15) is 17.4 Å². The van der Waals surface area contributed by atoms with Crippen molar-refractivity contribution in [1.29, 1.82) is 5.26 Å². The summed E-state index contributed by atoms with van der Waals surface area (Å²) in [7, 11) is 0. The third-order valence-electron chi connectivity index (χ3n) is 4.35. The molecule has 0 fully saturated rings. The van der Waals surface area contributed by atoms with Crippen LogP contribution in [0.2, 0.25) is 0 Å². The van der Waals surface area contributed by atoms with E-state index >= 15 is 0 Å². The SMILES string of the molecule is CCOC(=O)C1=C(C)OC(N)=C(C#N)C1c1cc(C)ccc1-n1cccn1. The minimum absolute atomic E-state index is 0.0130. The molecule has 0 saturated carbocycles. The number of nitriles is 1. The third kappa shape index (κ3) is 3.29. The van der Waals surface area contributed by atoms with E-state index in [0.29, 0.717) is 5.76 Å². The van der Waals surface area contributed by atoms with Gasteiger partial charge in [-0.1, -0.05) is 17.7 Å². The number of aromatic nitrogens is 2. The average Bonchev–Trinajstić information content (AvgIpc) is 3.15. The minimum atomic E-state index is -0.707. The first kappa shape index (κ1) is 18.3. The molecule has 1 aliphatic heterocycles. The van der Waals surface area contributed by atoms with Crippen molar-refractivity contribution in [2.45, 2.75) is 26.7 Å². The Balaban J connectivity index is 2.28. The first-order valence-corrected chi connectivity index (χ1v) is 8.54. The molecule has 7 heteroatoms. The van der Waals surface area contributed by atoms with Gasteiger partial charge in [0.15, 0.2) is 0 Å². The molecule has 0 saturated heterocycles. The lowest BCUT2D eigenvalue weighted by Gasteiger charge is -2.28. The Kier molecular flexibility index (Phi) is 4.99. The molecule has 0 spiro atoms.